The average Bonchev–Trinajstić information content (AvgIpc) is 3.08. The number of benzene rings is 2. The molecule has 33 heavy (non-hydrogen) atoms. The maximum absolute atomic E-state index is 13.6. The van der Waals surface area contributed by atoms with Crippen LogP contribution in [-0.2, 0) is 9.59 Å². The zero-order chi connectivity index (χ0) is 23.4. The van der Waals surface area contributed by atoms with Gasteiger partial charge in [-0.2, -0.15) is 0 Å². The molecule has 1 aliphatic carbocycles. The molecule has 0 aromatic heterocycles. The van der Waals surface area contributed by atoms with Crippen molar-refractivity contribution < 1.29 is 14.3 Å². The van der Waals surface area contributed by atoms with E-state index in [0.717, 1.165) is 35.7 Å². The summed E-state index contributed by atoms with van der Waals surface area (Å²) in [6.07, 6.45) is 6.33. The van der Waals surface area contributed by atoms with Crippen molar-refractivity contribution in [3.63, 3.8) is 0 Å². The summed E-state index contributed by atoms with van der Waals surface area (Å²) >= 11 is 4.88. The van der Waals surface area contributed by atoms with Gasteiger partial charge in [-0.05, 0) is 82.4 Å². The summed E-state index contributed by atoms with van der Waals surface area (Å²) in [6, 6.07) is 15.4. The third-order valence-electron chi connectivity index (χ3n) is 5.84. The molecular weight excluding hydrogens is 502 g/mol. The lowest BCUT2D eigenvalue weighted by atomic mass is 9.85. The lowest BCUT2D eigenvalue weighted by molar-refractivity contribution is -0.125. The van der Waals surface area contributed by atoms with E-state index in [4.69, 9.17) is 15.5 Å². The third-order valence-corrected chi connectivity index (χ3v) is 7.44. The van der Waals surface area contributed by atoms with Gasteiger partial charge in [0.15, 0.2) is 11.8 Å². The van der Waals surface area contributed by atoms with Gasteiger partial charge in [0.1, 0.15) is 5.75 Å². The first kappa shape index (κ1) is 23.6. The fraction of sp³-hybridized carbons (Fsp3) is 0.320. The Kier molecular flexibility index (Phi) is 7.55. The second kappa shape index (κ2) is 10.6. The molecule has 2 atom stereocenters. The number of amidine groups is 1. The molecule has 172 valence electrons. The summed E-state index contributed by atoms with van der Waals surface area (Å²) in [6.45, 7) is 2.03. The third kappa shape index (κ3) is 5.68. The van der Waals surface area contributed by atoms with Crippen LogP contribution in [0.4, 0.5) is 5.69 Å². The standard InChI is InChI=1S/C25H26BrN3O3S/c1-16-7-5-6-10-20(16)29-24(31)22(33-25(29)28-18-8-3-2-4-9-18)14-17-11-12-21(19(26)13-17)32-15-23(27)30/h2-4,8-9,11-14,16,20H,5-7,10,15H2,1H3,(H2,27,30)/b22-14-,28-25?/t16-,20+/m1/s1. The highest BCUT2D eigenvalue weighted by molar-refractivity contribution is 9.10. The molecule has 1 saturated heterocycles. The zero-order valence-electron chi connectivity index (χ0n) is 18.4. The molecule has 6 nitrogen and oxygen atoms in total. The van der Waals surface area contributed by atoms with Crippen LogP contribution in [0, 0.1) is 5.92 Å². The summed E-state index contributed by atoms with van der Waals surface area (Å²) < 4.78 is 6.08. The summed E-state index contributed by atoms with van der Waals surface area (Å²) in [5, 5.41) is 0.733. The molecule has 2 aliphatic rings. The molecule has 0 unspecified atom stereocenters. The number of carbonyl (C=O) groups excluding carboxylic acids is 2. The van der Waals surface area contributed by atoms with Gasteiger partial charge >= 0.3 is 0 Å². The normalized spacial score (nSPS) is 23.3. The van der Waals surface area contributed by atoms with Crippen molar-refractivity contribution in [1.82, 2.24) is 4.90 Å². The first-order valence-electron chi connectivity index (χ1n) is 11.0. The predicted octanol–water partition coefficient (Wildman–Crippen LogP) is 5.50. The van der Waals surface area contributed by atoms with E-state index >= 15 is 0 Å². The van der Waals surface area contributed by atoms with Crippen molar-refractivity contribution in [3.05, 3.63) is 63.5 Å². The number of primary amides is 1. The molecule has 2 amide bonds. The molecule has 2 aromatic rings. The van der Waals surface area contributed by atoms with Crippen LogP contribution >= 0.6 is 27.7 Å². The molecule has 1 aliphatic heterocycles. The van der Waals surface area contributed by atoms with Gasteiger partial charge in [-0.25, -0.2) is 4.99 Å². The molecule has 1 heterocycles. The van der Waals surface area contributed by atoms with Crippen molar-refractivity contribution in [2.75, 3.05) is 6.61 Å². The second-order valence-electron chi connectivity index (χ2n) is 8.29. The van der Waals surface area contributed by atoms with Crippen molar-refractivity contribution in [2.24, 2.45) is 16.6 Å². The Balaban J connectivity index is 1.64. The quantitative estimate of drug-likeness (QED) is 0.502. The summed E-state index contributed by atoms with van der Waals surface area (Å²) in [4.78, 5) is 31.9. The Labute approximate surface area is 206 Å². The molecule has 0 spiro atoms. The van der Waals surface area contributed by atoms with E-state index in [-0.39, 0.29) is 18.6 Å². The van der Waals surface area contributed by atoms with Crippen molar-refractivity contribution in [2.45, 2.75) is 38.6 Å². The number of aliphatic imine (C=N–C) groups is 1. The van der Waals surface area contributed by atoms with E-state index in [1.165, 1.54) is 18.2 Å². The first-order valence-corrected chi connectivity index (χ1v) is 12.6. The van der Waals surface area contributed by atoms with Gasteiger partial charge in [-0.15, -0.1) is 0 Å². The van der Waals surface area contributed by atoms with Gasteiger partial charge in [0.05, 0.1) is 15.1 Å². The van der Waals surface area contributed by atoms with Crippen LogP contribution in [0.3, 0.4) is 0 Å². The number of rotatable bonds is 6. The van der Waals surface area contributed by atoms with Gasteiger partial charge in [0, 0.05) is 6.04 Å². The number of hydrogen-bond donors (Lipinski definition) is 1. The number of halogens is 1. The highest BCUT2D eigenvalue weighted by Gasteiger charge is 2.41. The number of nitrogens with zero attached hydrogens (tertiary/aromatic N) is 2. The van der Waals surface area contributed by atoms with Crippen LogP contribution in [0.5, 0.6) is 5.75 Å². The number of amides is 2. The Morgan fingerprint density at radius 1 is 1.24 bits per heavy atom. The van der Waals surface area contributed by atoms with E-state index in [2.05, 4.69) is 22.9 Å². The molecule has 4 rings (SSSR count). The van der Waals surface area contributed by atoms with Gasteiger partial charge < -0.3 is 10.5 Å². The van der Waals surface area contributed by atoms with Gasteiger partial charge in [0.2, 0.25) is 0 Å². The van der Waals surface area contributed by atoms with Crippen molar-refractivity contribution in [3.8, 4) is 5.75 Å². The number of ether oxygens (including phenoxy) is 1. The van der Waals surface area contributed by atoms with Crippen LogP contribution in [-0.4, -0.2) is 34.5 Å². The number of carbonyl (C=O) groups is 2. The Hall–Kier alpha value is -2.58. The smallest absolute Gasteiger partial charge is 0.267 e. The Morgan fingerprint density at radius 3 is 2.70 bits per heavy atom. The molecule has 2 aromatic carbocycles. The Morgan fingerprint density at radius 2 is 2.00 bits per heavy atom. The molecule has 0 radical (unpaired) electrons. The fourth-order valence-electron chi connectivity index (χ4n) is 4.17. The monoisotopic (exact) mass is 527 g/mol. The number of hydrogen-bond acceptors (Lipinski definition) is 5. The molecule has 2 fully saturated rings. The van der Waals surface area contributed by atoms with E-state index in [1.54, 1.807) is 6.07 Å². The van der Waals surface area contributed by atoms with Gasteiger partial charge in [-0.3, -0.25) is 14.5 Å². The van der Waals surface area contributed by atoms with E-state index in [0.29, 0.717) is 21.0 Å². The minimum Gasteiger partial charge on any atom is -0.483 e. The highest BCUT2D eigenvalue weighted by atomic mass is 79.9. The predicted molar refractivity (Wildman–Crippen MR) is 136 cm³/mol. The topological polar surface area (TPSA) is 85.0 Å². The highest BCUT2D eigenvalue weighted by Crippen LogP contribution is 2.40. The van der Waals surface area contributed by atoms with Crippen LogP contribution in [0.15, 0.2) is 62.9 Å². The van der Waals surface area contributed by atoms with Crippen LogP contribution in [0.2, 0.25) is 0 Å². The average molecular weight is 528 g/mol. The van der Waals surface area contributed by atoms with E-state index in [1.807, 2.05) is 53.4 Å². The largest absolute Gasteiger partial charge is 0.483 e. The minimum absolute atomic E-state index is 0.00129. The van der Waals surface area contributed by atoms with Crippen LogP contribution < -0.4 is 10.5 Å². The molecule has 1 saturated carbocycles. The molecule has 0 bridgehead atoms. The maximum atomic E-state index is 13.6. The van der Waals surface area contributed by atoms with E-state index in [9.17, 15) is 9.59 Å². The first-order chi connectivity index (χ1) is 15.9. The molecule has 2 N–H and O–H groups in total. The fourth-order valence-corrected chi connectivity index (χ4v) is 5.73. The minimum atomic E-state index is -0.539. The van der Waals surface area contributed by atoms with Crippen molar-refractivity contribution in [1.29, 1.82) is 0 Å². The van der Waals surface area contributed by atoms with Gasteiger partial charge in [0.25, 0.3) is 11.8 Å². The number of nitrogens with two attached hydrogens (primary N) is 1. The number of thioether (sulfide) groups is 1. The SMILES string of the molecule is C[C@@H]1CCCC[C@@H]1N1C(=O)/C(=C/c2ccc(OCC(N)=O)c(Br)c2)SC1=Nc1ccccc1. The lowest BCUT2D eigenvalue weighted by Crippen LogP contribution is -2.44. The van der Waals surface area contributed by atoms with Crippen molar-refractivity contribution >= 4 is 56.4 Å². The summed E-state index contributed by atoms with van der Waals surface area (Å²) in [5.74, 6) is 0.409. The molecule has 8 heteroatoms. The van der Waals surface area contributed by atoms with Crippen LogP contribution in [0.1, 0.15) is 38.2 Å². The summed E-state index contributed by atoms with van der Waals surface area (Å²) in [5.41, 5.74) is 6.84. The molecular formula is C25H26BrN3O3S. The van der Waals surface area contributed by atoms with E-state index < -0.39 is 5.91 Å². The Bertz CT molecular complexity index is 1100. The lowest BCUT2D eigenvalue weighted by Gasteiger charge is -2.35. The maximum Gasteiger partial charge on any atom is 0.267 e. The zero-order valence-corrected chi connectivity index (χ0v) is 20.8. The number of para-hydroxylation sites is 1. The summed E-state index contributed by atoms with van der Waals surface area (Å²) in [7, 11) is 0. The van der Waals surface area contributed by atoms with Crippen LogP contribution in [0.25, 0.3) is 6.08 Å². The van der Waals surface area contributed by atoms with Gasteiger partial charge in [-0.1, -0.05) is 44.0 Å². The second-order valence-corrected chi connectivity index (χ2v) is 10.2.